The summed E-state index contributed by atoms with van der Waals surface area (Å²) in [5.74, 6) is 0. The van der Waals surface area contributed by atoms with Gasteiger partial charge in [-0.05, 0) is 41.5 Å². The van der Waals surface area contributed by atoms with Crippen molar-refractivity contribution < 1.29 is 13.2 Å². The number of hydrogen-bond acceptors (Lipinski definition) is 1. The Hall–Kier alpha value is -1.56. The van der Waals surface area contributed by atoms with Crippen LogP contribution in [0.3, 0.4) is 0 Å². The number of alkyl halides is 3. The molecule has 3 rings (SSSR count). The molecule has 0 aliphatic rings. The maximum absolute atomic E-state index is 12.7. The summed E-state index contributed by atoms with van der Waals surface area (Å²) < 4.78 is 38.1. The average molecular weight is 388 g/mol. The predicted octanol–water partition coefficient (Wildman–Crippen LogP) is 7.27. The molecule has 3 aromatic rings. The molecule has 0 saturated heterocycles. The molecule has 0 radical (unpaired) electrons. The molecule has 124 valence electrons. The summed E-state index contributed by atoms with van der Waals surface area (Å²) >= 11 is 11.6. The van der Waals surface area contributed by atoms with Gasteiger partial charge in [-0.25, -0.2) is 0 Å². The molecule has 0 fully saturated rings. The van der Waals surface area contributed by atoms with E-state index in [-0.39, 0.29) is 16.8 Å². The first-order chi connectivity index (χ1) is 11.3. The average Bonchev–Trinajstić information content (AvgIpc) is 2.90. The van der Waals surface area contributed by atoms with Crippen molar-refractivity contribution in [1.82, 2.24) is 4.98 Å². The number of aromatic nitrogens is 1. The topological polar surface area (TPSA) is 15.8 Å². The van der Waals surface area contributed by atoms with Gasteiger partial charge in [0.15, 0.2) is 0 Å². The van der Waals surface area contributed by atoms with Crippen LogP contribution in [-0.4, -0.2) is 10.5 Å². The number of hydrogen-bond donors (Lipinski definition) is 1. The highest BCUT2D eigenvalue weighted by Crippen LogP contribution is 2.41. The summed E-state index contributed by atoms with van der Waals surface area (Å²) in [6.07, 6.45) is 0. The molecule has 0 aliphatic carbocycles. The quantitative estimate of drug-likeness (QED) is 0.467. The first-order valence-corrected chi connectivity index (χ1v) is 8.40. The fourth-order valence-electron chi connectivity index (χ4n) is 2.31. The first-order valence-electron chi connectivity index (χ1n) is 6.82. The molecule has 24 heavy (non-hydrogen) atoms. The van der Waals surface area contributed by atoms with E-state index in [0.717, 1.165) is 11.1 Å². The molecule has 1 nitrogen and oxygen atoms in total. The van der Waals surface area contributed by atoms with Crippen LogP contribution in [0.1, 0.15) is 0 Å². The van der Waals surface area contributed by atoms with Gasteiger partial charge in [-0.2, -0.15) is 13.2 Å². The zero-order chi connectivity index (χ0) is 17.3. The Morgan fingerprint density at radius 1 is 0.792 bits per heavy atom. The monoisotopic (exact) mass is 387 g/mol. The van der Waals surface area contributed by atoms with Crippen molar-refractivity contribution in [2.24, 2.45) is 0 Å². The summed E-state index contributed by atoms with van der Waals surface area (Å²) in [4.78, 5) is 2.85. The molecule has 7 heteroatoms. The van der Waals surface area contributed by atoms with Crippen molar-refractivity contribution in [2.75, 3.05) is 0 Å². The normalized spacial score (nSPS) is 11.7. The van der Waals surface area contributed by atoms with E-state index >= 15 is 0 Å². The smallest absolute Gasteiger partial charge is 0.349 e. The van der Waals surface area contributed by atoms with E-state index in [9.17, 15) is 13.2 Å². The fourth-order valence-corrected chi connectivity index (χ4v) is 3.14. The van der Waals surface area contributed by atoms with E-state index in [4.69, 9.17) is 23.2 Å². The highest BCUT2D eigenvalue weighted by Gasteiger charge is 2.30. The summed E-state index contributed by atoms with van der Waals surface area (Å²) in [7, 11) is 0. The summed E-state index contributed by atoms with van der Waals surface area (Å²) in [6, 6.07) is 15.3. The highest BCUT2D eigenvalue weighted by molar-refractivity contribution is 8.00. The maximum Gasteiger partial charge on any atom is 0.447 e. The zero-order valence-corrected chi connectivity index (χ0v) is 14.3. The van der Waals surface area contributed by atoms with Gasteiger partial charge in [0.1, 0.15) is 0 Å². The molecule has 0 aliphatic heterocycles. The standard InChI is InChI=1S/C17H10Cl2F3NS/c18-12-5-1-10(2-6-12)14-9-15(24-17(20,21)22)23-16(14)11-3-7-13(19)8-4-11/h1-9,23H. The number of H-pyrrole nitrogens is 1. The van der Waals surface area contributed by atoms with E-state index in [1.165, 1.54) is 6.07 Å². The molecule has 2 aromatic carbocycles. The van der Waals surface area contributed by atoms with Crippen molar-refractivity contribution in [3.63, 3.8) is 0 Å². The van der Waals surface area contributed by atoms with Crippen LogP contribution in [0.25, 0.3) is 22.4 Å². The number of nitrogens with one attached hydrogen (secondary N) is 1. The minimum Gasteiger partial charge on any atom is -0.349 e. The summed E-state index contributed by atoms with van der Waals surface area (Å²) in [5, 5.41) is 1.15. The van der Waals surface area contributed by atoms with Crippen LogP contribution in [0.4, 0.5) is 13.2 Å². The van der Waals surface area contributed by atoms with E-state index in [0.29, 0.717) is 21.3 Å². The van der Waals surface area contributed by atoms with Gasteiger partial charge < -0.3 is 4.98 Å². The van der Waals surface area contributed by atoms with Crippen LogP contribution in [0.5, 0.6) is 0 Å². The Kier molecular flexibility index (Phi) is 4.85. The second kappa shape index (κ2) is 6.75. The van der Waals surface area contributed by atoms with E-state index < -0.39 is 5.51 Å². The second-order valence-corrected chi connectivity index (χ2v) is 6.96. The molecule has 0 spiro atoms. The maximum atomic E-state index is 12.7. The Labute approximate surface area is 150 Å². The van der Waals surface area contributed by atoms with Crippen LogP contribution in [0.2, 0.25) is 10.0 Å². The van der Waals surface area contributed by atoms with Crippen LogP contribution in [0, 0.1) is 0 Å². The van der Waals surface area contributed by atoms with Crippen molar-refractivity contribution >= 4 is 35.0 Å². The molecule has 1 aromatic heterocycles. The molecule has 0 atom stereocenters. The summed E-state index contributed by atoms with van der Waals surface area (Å²) in [6.45, 7) is 0. The Bertz CT molecular complexity index is 777. The van der Waals surface area contributed by atoms with Crippen LogP contribution < -0.4 is 0 Å². The van der Waals surface area contributed by atoms with Crippen LogP contribution in [-0.2, 0) is 0 Å². The molecule has 0 bridgehead atoms. The zero-order valence-electron chi connectivity index (χ0n) is 12.0. The Morgan fingerprint density at radius 2 is 1.29 bits per heavy atom. The van der Waals surface area contributed by atoms with Crippen molar-refractivity contribution in [1.29, 1.82) is 0 Å². The number of thioether (sulfide) groups is 1. The number of halogens is 5. The third-order valence-corrected chi connectivity index (χ3v) is 4.48. The third kappa shape index (κ3) is 4.09. The minimum absolute atomic E-state index is 0.0254. The summed E-state index contributed by atoms with van der Waals surface area (Å²) in [5.41, 5.74) is -1.58. The van der Waals surface area contributed by atoms with Gasteiger partial charge in [-0.1, -0.05) is 47.5 Å². The predicted molar refractivity (Wildman–Crippen MR) is 93.6 cm³/mol. The lowest BCUT2D eigenvalue weighted by Gasteiger charge is -2.05. The molecular weight excluding hydrogens is 378 g/mol. The van der Waals surface area contributed by atoms with Crippen LogP contribution >= 0.6 is 35.0 Å². The van der Waals surface area contributed by atoms with Gasteiger partial charge in [0.2, 0.25) is 0 Å². The van der Waals surface area contributed by atoms with Gasteiger partial charge >= 0.3 is 5.51 Å². The molecule has 1 N–H and O–H groups in total. The number of benzene rings is 2. The van der Waals surface area contributed by atoms with Crippen molar-refractivity contribution in [3.05, 3.63) is 64.6 Å². The third-order valence-electron chi connectivity index (χ3n) is 3.31. The largest absolute Gasteiger partial charge is 0.447 e. The van der Waals surface area contributed by atoms with Crippen LogP contribution in [0.15, 0.2) is 59.6 Å². The number of aromatic amines is 1. The highest BCUT2D eigenvalue weighted by atomic mass is 35.5. The molecule has 1 heterocycles. The number of rotatable bonds is 3. The second-order valence-electron chi connectivity index (χ2n) is 4.98. The fraction of sp³-hybridized carbons (Fsp3) is 0.0588. The molecular formula is C17H10Cl2F3NS. The van der Waals surface area contributed by atoms with E-state index in [1.807, 2.05) is 0 Å². The molecule has 0 saturated carbocycles. The molecule has 0 unspecified atom stereocenters. The van der Waals surface area contributed by atoms with Gasteiger partial charge in [-0.15, -0.1) is 0 Å². The lowest BCUT2D eigenvalue weighted by molar-refractivity contribution is -0.0329. The lowest BCUT2D eigenvalue weighted by Crippen LogP contribution is -1.98. The van der Waals surface area contributed by atoms with Gasteiger partial charge in [0, 0.05) is 27.4 Å². The first kappa shape index (κ1) is 17.3. The van der Waals surface area contributed by atoms with Gasteiger partial charge in [-0.3, -0.25) is 0 Å². The lowest BCUT2D eigenvalue weighted by atomic mass is 10.0. The Morgan fingerprint density at radius 3 is 1.79 bits per heavy atom. The van der Waals surface area contributed by atoms with Crippen molar-refractivity contribution in [3.8, 4) is 22.4 Å². The molecule has 0 amide bonds. The minimum atomic E-state index is -4.36. The van der Waals surface area contributed by atoms with E-state index in [1.54, 1.807) is 48.5 Å². The van der Waals surface area contributed by atoms with Gasteiger partial charge in [0.25, 0.3) is 0 Å². The van der Waals surface area contributed by atoms with Crippen molar-refractivity contribution in [2.45, 2.75) is 10.5 Å². The van der Waals surface area contributed by atoms with E-state index in [2.05, 4.69) is 4.98 Å². The SMILES string of the molecule is FC(F)(F)Sc1cc(-c2ccc(Cl)cc2)c(-c2ccc(Cl)cc2)[nH]1. The van der Waals surface area contributed by atoms with Gasteiger partial charge in [0.05, 0.1) is 10.7 Å². The Balaban J connectivity index is 2.10.